The average molecular weight is 595 g/mol. The van der Waals surface area contributed by atoms with Gasteiger partial charge < -0.3 is 15.0 Å². The van der Waals surface area contributed by atoms with Crippen molar-refractivity contribution in [1.82, 2.24) is 15.1 Å². The first-order valence-corrected chi connectivity index (χ1v) is 14.5. The second kappa shape index (κ2) is 13.1. The van der Waals surface area contributed by atoms with Gasteiger partial charge in [-0.05, 0) is 61.2 Å². The van der Waals surface area contributed by atoms with Gasteiger partial charge in [-0.2, -0.15) is 5.26 Å². The second-order valence-electron chi connectivity index (χ2n) is 11.2. The summed E-state index contributed by atoms with van der Waals surface area (Å²) < 4.78 is 59.0. The zero-order chi connectivity index (χ0) is 30.6. The van der Waals surface area contributed by atoms with Gasteiger partial charge in [-0.1, -0.05) is 42.5 Å². The second-order valence-corrected chi connectivity index (χ2v) is 11.2. The van der Waals surface area contributed by atoms with E-state index < -0.39 is 12.2 Å². The standard InChI is InChI=1S/C33H34F4N4O2/c1-22(42)40-14-11-27(12-15-40)41-16-13-31(29(21-41)24-5-3-2-4-6-24)39-20-26-18-25(8-10-32(26)43-33(35,36)37)28-9-7-23(19-38)17-30(28)34/h2-10,17-18,27,29,31,39H,11-16,20-21H2,1H3/t29-,31-/m0/s1. The molecule has 10 heteroatoms. The Kier molecular flexibility index (Phi) is 9.33. The van der Waals surface area contributed by atoms with Crippen LogP contribution in [0.2, 0.25) is 0 Å². The molecule has 1 N–H and O–H groups in total. The van der Waals surface area contributed by atoms with Crippen molar-refractivity contribution in [3.63, 3.8) is 0 Å². The van der Waals surface area contributed by atoms with Crippen LogP contribution < -0.4 is 10.1 Å². The molecule has 6 nitrogen and oxygen atoms in total. The Hall–Kier alpha value is -3.94. The monoisotopic (exact) mass is 594 g/mol. The first-order valence-electron chi connectivity index (χ1n) is 14.5. The molecular formula is C33H34F4N4O2. The first kappa shape index (κ1) is 30.5. The Morgan fingerprint density at radius 2 is 1.77 bits per heavy atom. The van der Waals surface area contributed by atoms with Gasteiger partial charge in [-0.15, -0.1) is 13.2 Å². The highest BCUT2D eigenvalue weighted by atomic mass is 19.4. The quantitative estimate of drug-likeness (QED) is 0.329. The van der Waals surface area contributed by atoms with Crippen LogP contribution in [0.15, 0.2) is 66.7 Å². The number of hydrogen-bond acceptors (Lipinski definition) is 5. The number of ether oxygens (including phenoxy) is 1. The van der Waals surface area contributed by atoms with Gasteiger partial charge >= 0.3 is 6.36 Å². The van der Waals surface area contributed by atoms with Crippen molar-refractivity contribution in [1.29, 1.82) is 5.26 Å². The molecule has 0 bridgehead atoms. The fourth-order valence-electron chi connectivity index (χ4n) is 6.31. The Balaban J connectivity index is 1.37. The molecule has 2 atom stereocenters. The maximum atomic E-state index is 14.8. The minimum Gasteiger partial charge on any atom is -0.405 e. The van der Waals surface area contributed by atoms with E-state index in [0.717, 1.165) is 57.1 Å². The summed E-state index contributed by atoms with van der Waals surface area (Å²) in [6.07, 6.45) is -2.27. The predicted octanol–water partition coefficient (Wildman–Crippen LogP) is 6.22. The molecule has 0 unspecified atom stereocenters. The highest BCUT2D eigenvalue weighted by Gasteiger charge is 2.36. The van der Waals surface area contributed by atoms with Crippen LogP contribution in [0.3, 0.4) is 0 Å². The summed E-state index contributed by atoms with van der Waals surface area (Å²) in [7, 11) is 0. The summed E-state index contributed by atoms with van der Waals surface area (Å²) in [4.78, 5) is 16.2. The molecule has 3 aromatic carbocycles. The number of piperidine rings is 2. The van der Waals surface area contributed by atoms with Crippen LogP contribution in [0.5, 0.6) is 5.75 Å². The Labute approximate surface area is 248 Å². The van der Waals surface area contributed by atoms with E-state index in [1.54, 1.807) is 6.92 Å². The van der Waals surface area contributed by atoms with Crippen LogP contribution in [-0.4, -0.2) is 60.3 Å². The molecule has 2 fully saturated rings. The number of carbonyl (C=O) groups is 1. The number of carbonyl (C=O) groups excluding carboxylic acids is 1. The van der Waals surface area contributed by atoms with Gasteiger partial charge in [-0.3, -0.25) is 9.69 Å². The molecule has 2 aliphatic heterocycles. The normalized spacial score (nSPS) is 20.0. The third-order valence-corrected chi connectivity index (χ3v) is 8.55. The van der Waals surface area contributed by atoms with Gasteiger partial charge in [0.25, 0.3) is 0 Å². The fourth-order valence-corrected chi connectivity index (χ4v) is 6.31. The van der Waals surface area contributed by atoms with E-state index in [1.807, 2.05) is 29.2 Å². The average Bonchev–Trinajstić information content (AvgIpc) is 3.00. The van der Waals surface area contributed by atoms with Crippen molar-refractivity contribution < 1.29 is 27.1 Å². The van der Waals surface area contributed by atoms with Crippen molar-refractivity contribution in [2.45, 2.75) is 57.1 Å². The number of halogens is 4. The lowest BCUT2D eigenvalue weighted by molar-refractivity contribution is -0.274. The maximum Gasteiger partial charge on any atom is 0.573 e. The number of alkyl halides is 3. The van der Waals surface area contributed by atoms with Gasteiger partial charge in [0.05, 0.1) is 11.6 Å². The summed E-state index contributed by atoms with van der Waals surface area (Å²) >= 11 is 0. The number of nitrogens with zero attached hydrogens (tertiary/aromatic N) is 3. The number of nitriles is 1. The van der Waals surface area contributed by atoms with E-state index in [4.69, 9.17) is 5.26 Å². The van der Waals surface area contributed by atoms with Crippen molar-refractivity contribution in [3.8, 4) is 22.9 Å². The number of rotatable bonds is 7. The molecule has 0 saturated carbocycles. The summed E-state index contributed by atoms with van der Waals surface area (Å²) in [5.41, 5.74) is 2.13. The van der Waals surface area contributed by atoms with Crippen molar-refractivity contribution in [2.24, 2.45) is 0 Å². The van der Waals surface area contributed by atoms with E-state index in [9.17, 15) is 22.4 Å². The Morgan fingerprint density at radius 3 is 2.42 bits per heavy atom. The summed E-state index contributed by atoms with van der Waals surface area (Å²) in [5, 5.41) is 12.6. The highest BCUT2D eigenvalue weighted by molar-refractivity contribution is 5.73. The van der Waals surface area contributed by atoms with Crippen LogP contribution in [-0.2, 0) is 11.3 Å². The van der Waals surface area contributed by atoms with Crippen LogP contribution in [0, 0.1) is 17.1 Å². The van der Waals surface area contributed by atoms with E-state index in [-0.39, 0.29) is 46.9 Å². The molecule has 0 spiro atoms. The van der Waals surface area contributed by atoms with E-state index in [0.29, 0.717) is 11.6 Å². The van der Waals surface area contributed by atoms with Gasteiger partial charge in [-0.25, -0.2) is 4.39 Å². The first-order chi connectivity index (χ1) is 20.6. The zero-order valence-corrected chi connectivity index (χ0v) is 23.9. The molecule has 5 rings (SSSR count). The Bertz CT molecular complexity index is 1470. The van der Waals surface area contributed by atoms with E-state index >= 15 is 0 Å². The van der Waals surface area contributed by atoms with Crippen molar-refractivity contribution >= 4 is 5.91 Å². The molecule has 3 aromatic rings. The summed E-state index contributed by atoms with van der Waals surface area (Å²) in [5.74, 6) is -0.785. The number of hydrogen-bond donors (Lipinski definition) is 1. The molecule has 2 saturated heterocycles. The zero-order valence-electron chi connectivity index (χ0n) is 23.9. The lowest BCUT2D eigenvalue weighted by Crippen LogP contribution is -2.53. The predicted molar refractivity (Wildman–Crippen MR) is 155 cm³/mol. The van der Waals surface area contributed by atoms with Crippen LogP contribution in [0.25, 0.3) is 11.1 Å². The Morgan fingerprint density at radius 1 is 1.02 bits per heavy atom. The largest absolute Gasteiger partial charge is 0.573 e. The van der Waals surface area contributed by atoms with Crippen molar-refractivity contribution in [2.75, 3.05) is 26.2 Å². The third kappa shape index (κ3) is 7.53. The fraction of sp³-hybridized carbons (Fsp3) is 0.394. The van der Waals surface area contributed by atoms with Gasteiger partial charge in [0, 0.05) is 62.2 Å². The minimum atomic E-state index is -4.88. The molecule has 0 aromatic heterocycles. The number of amides is 1. The lowest BCUT2D eigenvalue weighted by atomic mass is 9.84. The van der Waals surface area contributed by atoms with Gasteiger partial charge in [0.1, 0.15) is 11.6 Å². The number of nitrogens with one attached hydrogen (secondary N) is 1. The molecular weight excluding hydrogens is 560 g/mol. The van der Waals surface area contributed by atoms with Gasteiger partial charge in [0.15, 0.2) is 0 Å². The van der Waals surface area contributed by atoms with Crippen molar-refractivity contribution in [3.05, 3.63) is 89.2 Å². The molecule has 1 amide bonds. The highest BCUT2D eigenvalue weighted by Crippen LogP contribution is 2.34. The van der Waals surface area contributed by atoms with Crippen LogP contribution >= 0.6 is 0 Å². The number of benzene rings is 3. The molecule has 2 aliphatic rings. The molecule has 0 aliphatic carbocycles. The van der Waals surface area contributed by atoms with E-state index in [1.165, 1.54) is 30.3 Å². The smallest absolute Gasteiger partial charge is 0.405 e. The summed E-state index contributed by atoms with van der Waals surface area (Å²) in [6.45, 7) is 4.79. The van der Waals surface area contributed by atoms with Crippen LogP contribution in [0.4, 0.5) is 17.6 Å². The van der Waals surface area contributed by atoms with Gasteiger partial charge in [0.2, 0.25) is 5.91 Å². The summed E-state index contributed by atoms with van der Waals surface area (Å²) in [6, 6.07) is 20.4. The number of likely N-dealkylation sites (tertiary alicyclic amines) is 2. The molecule has 0 radical (unpaired) electrons. The molecule has 43 heavy (non-hydrogen) atoms. The van der Waals surface area contributed by atoms with E-state index in [2.05, 4.69) is 27.1 Å². The maximum absolute atomic E-state index is 14.8. The lowest BCUT2D eigenvalue weighted by Gasteiger charge is -2.45. The third-order valence-electron chi connectivity index (χ3n) is 8.55. The SMILES string of the molecule is CC(=O)N1CCC(N2CC[C@H](NCc3cc(-c4ccc(C#N)cc4F)ccc3OC(F)(F)F)[C@H](c3ccccc3)C2)CC1. The minimum absolute atomic E-state index is 0.0231. The molecule has 2 heterocycles. The topological polar surface area (TPSA) is 68.6 Å². The van der Waals surface area contributed by atoms with Crippen LogP contribution in [0.1, 0.15) is 48.8 Å². The molecule has 226 valence electrons.